The lowest BCUT2D eigenvalue weighted by atomic mass is 10.1. The molecule has 8 heteroatoms. The molecular formula is C23H21FN2O3S2. The van der Waals surface area contributed by atoms with Crippen LogP contribution < -0.4 is 10.0 Å². The summed E-state index contributed by atoms with van der Waals surface area (Å²) in [5.41, 5.74) is 2.38. The lowest BCUT2D eigenvalue weighted by Gasteiger charge is -2.12. The van der Waals surface area contributed by atoms with E-state index in [4.69, 9.17) is 0 Å². The lowest BCUT2D eigenvalue weighted by Crippen LogP contribution is -2.32. The van der Waals surface area contributed by atoms with Crippen molar-refractivity contribution < 1.29 is 17.6 Å². The zero-order chi connectivity index (χ0) is 21.8. The molecule has 0 saturated heterocycles. The third kappa shape index (κ3) is 5.33. The van der Waals surface area contributed by atoms with E-state index in [2.05, 4.69) is 10.0 Å². The van der Waals surface area contributed by atoms with Gasteiger partial charge in [0, 0.05) is 18.0 Å². The van der Waals surface area contributed by atoms with Crippen molar-refractivity contribution in [1.82, 2.24) is 10.0 Å². The molecule has 0 fully saturated rings. The summed E-state index contributed by atoms with van der Waals surface area (Å²) >= 11 is 1.55. The van der Waals surface area contributed by atoms with Gasteiger partial charge in [-0.1, -0.05) is 42.5 Å². The van der Waals surface area contributed by atoms with Gasteiger partial charge in [0.1, 0.15) is 5.82 Å². The molecule has 3 aromatic carbocycles. The van der Waals surface area contributed by atoms with Crippen LogP contribution in [0.5, 0.6) is 0 Å². The average Bonchev–Trinajstić information content (AvgIpc) is 3.21. The SMILES string of the molecule is O=C(NCc1cccc(S(=O)(=O)NCc2cccc(F)c2)c1)C1Cc2ccccc2S1. The highest BCUT2D eigenvalue weighted by molar-refractivity contribution is 8.01. The minimum Gasteiger partial charge on any atom is -0.351 e. The Morgan fingerprint density at radius 2 is 1.71 bits per heavy atom. The minimum absolute atomic E-state index is 0.0134. The summed E-state index contributed by atoms with van der Waals surface area (Å²) in [6.45, 7) is 0.222. The van der Waals surface area contributed by atoms with Gasteiger partial charge in [0.25, 0.3) is 0 Å². The molecule has 0 bridgehead atoms. The molecule has 31 heavy (non-hydrogen) atoms. The zero-order valence-electron chi connectivity index (χ0n) is 16.5. The average molecular weight is 457 g/mol. The van der Waals surface area contributed by atoms with Crippen LogP contribution in [0.4, 0.5) is 4.39 Å². The van der Waals surface area contributed by atoms with Crippen molar-refractivity contribution in [2.45, 2.75) is 34.6 Å². The maximum atomic E-state index is 13.3. The van der Waals surface area contributed by atoms with E-state index >= 15 is 0 Å². The molecule has 0 aromatic heterocycles. The van der Waals surface area contributed by atoms with Gasteiger partial charge in [0.15, 0.2) is 0 Å². The number of thioether (sulfide) groups is 1. The quantitative estimate of drug-likeness (QED) is 0.569. The fourth-order valence-corrected chi connectivity index (χ4v) is 5.67. The number of hydrogen-bond donors (Lipinski definition) is 2. The Morgan fingerprint density at radius 1 is 0.968 bits per heavy atom. The molecule has 1 aliphatic rings. The van der Waals surface area contributed by atoms with E-state index in [1.54, 1.807) is 30.0 Å². The third-order valence-electron chi connectivity index (χ3n) is 4.97. The number of rotatable bonds is 7. The predicted molar refractivity (Wildman–Crippen MR) is 119 cm³/mol. The number of halogens is 1. The molecule has 2 N–H and O–H groups in total. The Morgan fingerprint density at radius 3 is 2.48 bits per heavy atom. The summed E-state index contributed by atoms with van der Waals surface area (Å²) in [5, 5.41) is 2.72. The molecule has 1 heterocycles. The van der Waals surface area contributed by atoms with Crippen molar-refractivity contribution in [3.63, 3.8) is 0 Å². The molecular weight excluding hydrogens is 435 g/mol. The molecule has 0 saturated carbocycles. The molecule has 0 radical (unpaired) electrons. The highest BCUT2D eigenvalue weighted by atomic mass is 32.2. The first-order chi connectivity index (χ1) is 14.9. The standard InChI is InChI=1S/C23H21FN2O3S2/c24-19-8-3-5-16(11-19)15-26-31(28,29)20-9-4-6-17(12-20)14-25-23(27)22-13-18-7-1-2-10-21(18)30-22/h1-12,22,26H,13-15H2,(H,25,27). The number of fused-ring (bicyclic) bond motifs is 1. The van der Waals surface area contributed by atoms with E-state index in [0.29, 0.717) is 17.5 Å². The van der Waals surface area contributed by atoms with Gasteiger partial charge in [-0.2, -0.15) is 0 Å². The fraction of sp³-hybridized carbons (Fsp3) is 0.174. The number of carbonyl (C=O) groups is 1. The third-order valence-corrected chi connectivity index (χ3v) is 7.69. The Kier molecular flexibility index (Phi) is 6.41. The number of benzene rings is 3. The zero-order valence-corrected chi connectivity index (χ0v) is 18.2. The Hall–Kier alpha value is -2.68. The number of hydrogen-bond acceptors (Lipinski definition) is 4. The van der Waals surface area contributed by atoms with Crippen molar-refractivity contribution in [2.75, 3.05) is 0 Å². The molecule has 1 aliphatic heterocycles. The largest absolute Gasteiger partial charge is 0.351 e. The van der Waals surface area contributed by atoms with E-state index < -0.39 is 15.8 Å². The normalized spacial score (nSPS) is 15.5. The second-order valence-electron chi connectivity index (χ2n) is 7.24. The van der Waals surface area contributed by atoms with Crippen LogP contribution in [-0.4, -0.2) is 19.6 Å². The highest BCUT2D eigenvalue weighted by Crippen LogP contribution is 2.36. The van der Waals surface area contributed by atoms with Crippen LogP contribution in [0, 0.1) is 5.82 Å². The number of amides is 1. The molecule has 0 aliphatic carbocycles. The van der Waals surface area contributed by atoms with Crippen LogP contribution in [0.1, 0.15) is 16.7 Å². The van der Waals surface area contributed by atoms with Crippen LogP contribution in [0.2, 0.25) is 0 Å². The summed E-state index contributed by atoms with van der Waals surface area (Å²) in [4.78, 5) is 13.8. The van der Waals surface area contributed by atoms with E-state index in [9.17, 15) is 17.6 Å². The molecule has 160 valence electrons. The number of carbonyl (C=O) groups excluding carboxylic acids is 1. The van der Waals surface area contributed by atoms with Crippen molar-refractivity contribution in [3.8, 4) is 0 Å². The van der Waals surface area contributed by atoms with Gasteiger partial charge in [-0.15, -0.1) is 11.8 Å². The summed E-state index contributed by atoms with van der Waals surface area (Å²) in [6.07, 6.45) is 0.686. The maximum Gasteiger partial charge on any atom is 0.240 e. The molecule has 0 spiro atoms. The van der Waals surface area contributed by atoms with Crippen LogP contribution in [0.15, 0.2) is 82.6 Å². The Bertz CT molecular complexity index is 1190. The first kappa shape index (κ1) is 21.5. The smallest absolute Gasteiger partial charge is 0.240 e. The molecule has 4 rings (SSSR count). The topological polar surface area (TPSA) is 75.3 Å². The van der Waals surface area contributed by atoms with Crippen molar-refractivity contribution in [1.29, 1.82) is 0 Å². The van der Waals surface area contributed by atoms with E-state index in [1.165, 1.54) is 35.9 Å². The molecule has 1 unspecified atom stereocenters. The lowest BCUT2D eigenvalue weighted by molar-refractivity contribution is -0.120. The second-order valence-corrected chi connectivity index (χ2v) is 10.2. The highest BCUT2D eigenvalue weighted by Gasteiger charge is 2.27. The summed E-state index contributed by atoms with van der Waals surface area (Å²) in [5.74, 6) is -0.489. The minimum atomic E-state index is -3.77. The molecule has 5 nitrogen and oxygen atoms in total. The van der Waals surface area contributed by atoms with E-state index in [1.807, 2.05) is 24.3 Å². The summed E-state index contributed by atoms with van der Waals surface area (Å²) in [6, 6.07) is 20.2. The van der Waals surface area contributed by atoms with Gasteiger partial charge in [0.05, 0.1) is 10.1 Å². The van der Waals surface area contributed by atoms with Crippen LogP contribution in [0.25, 0.3) is 0 Å². The first-order valence-electron chi connectivity index (χ1n) is 9.76. The van der Waals surface area contributed by atoms with Gasteiger partial charge in [-0.05, 0) is 53.4 Å². The molecule has 1 atom stereocenters. The van der Waals surface area contributed by atoms with E-state index in [0.717, 1.165) is 4.90 Å². The van der Waals surface area contributed by atoms with Gasteiger partial charge in [-0.25, -0.2) is 17.5 Å². The van der Waals surface area contributed by atoms with Crippen molar-refractivity contribution in [3.05, 3.63) is 95.3 Å². The van der Waals surface area contributed by atoms with Gasteiger partial charge >= 0.3 is 0 Å². The van der Waals surface area contributed by atoms with Crippen LogP contribution in [-0.2, 0) is 34.3 Å². The predicted octanol–water partition coefficient (Wildman–Crippen LogP) is 3.64. The Balaban J connectivity index is 1.36. The number of nitrogens with one attached hydrogen (secondary N) is 2. The Labute approximate surface area is 185 Å². The second kappa shape index (κ2) is 9.21. The van der Waals surface area contributed by atoms with Crippen LogP contribution >= 0.6 is 11.8 Å². The van der Waals surface area contributed by atoms with E-state index in [-0.39, 0.29) is 29.1 Å². The first-order valence-corrected chi connectivity index (χ1v) is 12.1. The maximum absolute atomic E-state index is 13.3. The van der Waals surface area contributed by atoms with Gasteiger partial charge < -0.3 is 5.32 Å². The summed E-state index contributed by atoms with van der Waals surface area (Å²) in [7, 11) is -3.77. The van der Waals surface area contributed by atoms with Gasteiger partial charge in [-0.3, -0.25) is 4.79 Å². The van der Waals surface area contributed by atoms with Gasteiger partial charge in [0.2, 0.25) is 15.9 Å². The molecule has 1 amide bonds. The fourth-order valence-electron chi connectivity index (χ4n) is 3.36. The summed E-state index contributed by atoms with van der Waals surface area (Å²) < 4.78 is 41.0. The number of sulfonamides is 1. The molecule has 3 aromatic rings. The van der Waals surface area contributed by atoms with Crippen molar-refractivity contribution in [2.24, 2.45) is 0 Å². The monoisotopic (exact) mass is 456 g/mol. The van der Waals surface area contributed by atoms with Crippen molar-refractivity contribution >= 4 is 27.7 Å². The van der Waals surface area contributed by atoms with Crippen LogP contribution in [0.3, 0.4) is 0 Å².